The molecule has 2 fully saturated rings. The lowest BCUT2D eigenvalue weighted by Crippen LogP contribution is -2.44. The molecule has 31 heteroatoms. The fourth-order valence-corrected chi connectivity index (χ4v) is 13.7. The number of nitrogens with zero attached hydrogens (tertiary/aromatic N) is 14. The lowest BCUT2D eigenvalue weighted by Gasteiger charge is -2.33. The smallest absolute Gasteiger partial charge is 0.378 e. The molecule has 1 amide bonds. The van der Waals surface area contributed by atoms with Crippen LogP contribution in [0.4, 0.5) is 103 Å². The highest BCUT2D eigenvalue weighted by Crippen LogP contribution is 2.38. The molecule has 4 N–H and O–H groups in total. The van der Waals surface area contributed by atoms with E-state index in [1.165, 1.54) is 6.07 Å². The van der Waals surface area contributed by atoms with Crippen LogP contribution in [-0.2, 0) is 56.0 Å². The molecular formula is C78H85Cl2F9N18O2. The lowest BCUT2D eigenvalue weighted by molar-refractivity contribution is -0.138. The van der Waals surface area contributed by atoms with Crippen LogP contribution in [0.25, 0.3) is 0 Å². The number of piperazine rings is 1. The number of aromatic nitrogens is 7. The van der Waals surface area contributed by atoms with Gasteiger partial charge in [-0.2, -0.15) is 26.3 Å². The van der Waals surface area contributed by atoms with Crippen LogP contribution in [0.2, 0.25) is 10.0 Å². The van der Waals surface area contributed by atoms with Crippen molar-refractivity contribution in [3.63, 3.8) is 0 Å². The molecule has 0 spiro atoms. The zero-order valence-electron chi connectivity index (χ0n) is 60.6. The van der Waals surface area contributed by atoms with Gasteiger partial charge >= 0.3 is 12.4 Å². The van der Waals surface area contributed by atoms with Crippen molar-refractivity contribution in [2.24, 2.45) is 0 Å². The molecule has 4 aromatic heterocycles. The number of anilines is 11. The van der Waals surface area contributed by atoms with Gasteiger partial charge in [-0.05, 0) is 199 Å². The Labute approximate surface area is 637 Å². The van der Waals surface area contributed by atoms with E-state index in [0.29, 0.717) is 95.0 Å². The predicted octanol–water partition coefficient (Wildman–Crippen LogP) is 15.7. The second-order valence-electron chi connectivity index (χ2n) is 27.5. The molecule has 9 aromatic rings. The quantitative estimate of drug-likeness (QED) is 0.0469. The Balaban J connectivity index is 0.000000153. The normalized spacial score (nSPS) is 15.6. The standard InChI is InChI=1S/C27H30F4N6O.C26H29ClF3N7.C25H26ClF2N5O/c1-36(2)14-12-32-26(38)18-6-9-21(10-7-18)34-24-16-33-23-5-3-4-13-37(25(23)35-24)17-19-15-20(28)8-11-22(19)27(29,30)31;1-35-10-12-36(13-11-35)24-8-6-20(15-32-24)33-23-16-31-22-4-2-3-9-37(25(22)34-23)17-18-14-19(26(28,29)30)5-7-21(18)27;26-24-19(20(27)8-9-21(24)28)16-33-10-2-1-3-22-25(33)31-23(15-29-22)30-17-4-6-18(7-5-17)32-11-13-34-14-12-32/h6-11,15-16H,3-5,12-14,17H2,1-2H3,(H,32,38)(H,34,35);5-8,14-16H,2-4,9-13,17H2,1H3,(H,33,34);4-9,15H,1-3,10-14,16H2,(H,30,31). The van der Waals surface area contributed by atoms with E-state index in [1.54, 1.807) is 54.0 Å². The van der Waals surface area contributed by atoms with Crippen LogP contribution in [0.3, 0.4) is 0 Å². The van der Waals surface area contributed by atoms with E-state index in [0.717, 1.165) is 187 Å². The molecule has 5 aliphatic rings. The number of ether oxygens (including phenoxy) is 1. The van der Waals surface area contributed by atoms with Crippen LogP contribution in [0.15, 0.2) is 134 Å². The largest absolute Gasteiger partial charge is 0.416 e. The van der Waals surface area contributed by atoms with Gasteiger partial charge < -0.3 is 60.3 Å². The van der Waals surface area contributed by atoms with E-state index >= 15 is 0 Å². The van der Waals surface area contributed by atoms with Crippen molar-refractivity contribution in [1.82, 2.24) is 50.0 Å². The number of halogens is 11. The van der Waals surface area contributed by atoms with Crippen molar-refractivity contribution in [2.75, 3.05) is 147 Å². The first kappa shape index (κ1) is 78.8. The highest BCUT2D eigenvalue weighted by atomic mass is 35.5. The second-order valence-corrected chi connectivity index (χ2v) is 28.3. The number of pyridine rings is 1. The fourth-order valence-electron chi connectivity index (χ4n) is 13.3. The predicted molar refractivity (Wildman–Crippen MR) is 408 cm³/mol. The average Bonchev–Trinajstić information content (AvgIpc) is 1.79. The minimum atomic E-state index is -4.60. The van der Waals surface area contributed by atoms with Crippen LogP contribution in [0.1, 0.15) is 93.8 Å². The summed E-state index contributed by atoms with van der Waals surface area (Å²) < 4.78 is 128. The van der Waals surface area contributed by atoms with Crippen LogP contribution < -0.4 is 45.8 Å². The Morgan fingerprint density at radius 2 is 1.05 bits per heavy atom. The molecular weight excluding hydrogens is 1460 g/mol. The van der Waals surface area contributed by atoms with E-state index in [1.807, 2.05) is 53.1 Å². The molecule has 2 saturated heterocycles. The molecule has 9 heterocycles. The molecule has 0 bridgehead atoms. The molecule has 5 aromatic carbocycles. The number of hydrogen-bond donors (Lipinski definition) is 4. The maximum Gasteiger partial charge on any atom is 0.416 e. The van der Waals surface area contributed by atoms with E-state index in [2.05, 4.69) is 80.1 Å². The Morgan fingerprint density at radius 1 is 0.523 bits per heavy atom. The van der Waals surface area contributed by atoms with Crippen molar-refractivity contribution in [3.05, 3.63) is 212 Å². The number of hydrogen-bond acceptors (Lipinski definition) is 19. The van der Waals surface area contributed by atoms with Gasteiger partial charge in [-0.1, -0.05) is 23.2 Å². The number of aryl methyl sites for hydroxylation is 3. The Morgan fingerprint density at radius 3 is 1.58 bits per heavy atom. The molecule has 0 radical (unpaired) electrons. The number of alkyl halides is 6. The summed E-state index contributed by atoms with van der Waals surface area (Å²) in [5.41, 5.74) is 5.20. The van der Waals surface area contributed by atoms with E-state index in [-0.39, 0.29) is 41.7 Å². The number of carbonyl (C=O) groups is 1. The molecule has 109 heavy (non-hydrogen) atoms. The monoisotopic (exact) mass is 1550 g/mol. The Bertz CT molecular complexity index is 4550. The molecule has 576 valence electrons. The first-order valence-electron chi connectivity index (χ1n) is 36.3. The van der Waals surface area contributed by atoms with Crippen molar-refractivity contribution in [1.29, 1.82) is 0 Å². The lowest BCUT2D eigenvalue weighted by atomic mass is 10.1. The number of likely N-dealkylation sites (N-methyl/N-ethyl adjacent to an activating group) is 2. The number of fused-ring (bicyclic) bond motifs is 3. The van der Waals surface area contributed by atoms with Gasteiger partial charge in [0.05, 0.1) is 76.9 Å². The highest BCUT2D eigenvalue weighted by Gasteiger charge is 2.35. The van der Waals surface area contributed by atoms with Gasteiger partial charge in [0.15, 0.2) is 34.9 Å². The van der Waals surface area contributed by atoms with Gasteiger partial charge in [0, 0.05) is 125 Å². The summed E-state index contributed by atoms with van der Waals surface area (Å²) in [5, 5.41) is 12.7. The van der Waals surface area contributed by atoms with E-state index in [9.17, 15) is 44.3 Å². The maximum atomic E-state index is 14.5. The average molecular weight is 1550 g/mol. The summed E-state index contributed by atoms with van der Waals surface area (Å²) >= 11 is 12.4. The zero-order chi connectivity index (χ0) is 76.8. The molecule has 0 aliphatic carbocycles. The van der Waals surface area contributed by atoms with Gasteiger partial charge in [0.25, 0.3) is 5.91 Å². The van der Waals surface area contributed by atoms with E-state index < -0.39 is 40.9 Å². The van der Waals surface area contributed by atoms with Crippen molar-refractivity contribution in [2.45, 2.75) is 89.8 Å². The number of nitrogens with one attached hydrogen (secondary N) is 4. The van der Waals surface area contributed by atoms with Crippen LogP contribution in [-0.4, -0.2) is 157 Å². The highest BCUT2D eigenvalue weighted by molar-refractivity contribution is 6.31. The van der Waals surface area contributed by atoms with Gasteiger partial charge in [0.2, 0.25) is 0 Å². The fraction of sp³-hybridized carbons (Fsp3) is 0.385. The van der Waals surface area contributed by atoms with Crippen molar-refractivity contribution >= 4 is 92.6 Å². The SMILES string of the molecule is CN(C)CCNC(=O)c1ccc(Nc2cnc3c(n2)N(Cc2cc(F)ccc2C(F)(F)F)CCCC3)cc1.CN1CCN(c2ccc(Nc3cnc4c(n3)N(Cc3cc(C(F)(F)F)ccc3Cl)CCCC4)cn2)CC1.Fc1ccc(F)c(CN2CCCCc3ncc(Nc4ccc(N5CCOCC5)cc4)nc32)c1Cl. The molecule has 0 saturated carbocycles. The summed E-state index contributed by atoms with van der Waals surface area (Å²) in [6.45, 7) is 10.4. The number of morpholine rings is 1. The van der Waals surface area contributed by atoms with Crippen molar-refractivity contribution in [3.8, 4) is 0 Å². The molecule has 14 rings (SSSR count). The Kier molecular flexibility index (Phi) is 26.1. The minimum Gasteiger partial charge on any atom is -0.378 e. The van der Waals surface area contributed by atoms with E-state index in [4.69, 9.17) is 37.9 Å². The number of benzene rings is 5. The summed E-state index contributed by atoms with van der Waals surface area (Å²) in [4.78, 5) is 59.5. The first-order valence-corrected chi connectivity index (χ1v) is 37.0. The molecule has 0 unspecified atom stereocenters. The number of rotatable bonds is 18. The topological polar surface area (TPSA) is 187 Å². The zero-order valence-corrected chi connectivity index (χ0v) is 62.1. The summed E-state index contributed by atoms with van der Waals surface area (Å²) in [6.07, 6.45) is 5.16. The summed E-state index contributed by atoms with van der Waals surface area (Å²) in [5.74, 6) is 2.26. The molecule has 5 aliphatic heterocycles. The number of carbonyl (C=O) groups excluding carboxylic acids is 1. The van der Waals surface area contributed by atoms with Gasteiger partial charge in [-0.25, -0.2) is 33.1 Å². The molecule has 20 nitrogen and oxygen atoms in total. The van der Waals surface area contributed by atoms with Crippen LogP contribution >= 0.6 is 23.2 Å². The Hall–Kier alpha value is -9.81. The third-order valence-corrected chi connectivity index (χ3v) is 20.0. The third-order valence-electron chi connectivity index (χ3n) is 19.2. The number of amides is 1. The maximum absolute atomic E-state index is 14.5. The minimum absolute atomic E-state index is 0.127. The van der Waals surface area contributed by atoms with Gasteiger partial charge in [0.1, 0.15) is 23.3 Å². The van der Waals surface area contributed by atoms with Crippen molar-refractivity contribution < 1.29 is 49.0 Å². The molecule has 0 atom stereocenters. The van der Waals surface area contributed by atoms with Gasteiger partial charge in [-0.3, -0.25) is 19.7 Å². The van der Waals surface area contributed by atoms with Crippen LogP contribution in [0.5, 0.6) is 0 Å². The summed E-state index contributed by atoms with van der Waals surface area (Å²) in [6, 6.07) is 27.1. The third kappa shape index (κ3) is 21.2. The summed E-state index contributed by atoms with van der Waals surface area (Å²) in [7, 11) is 5.98. The van der Waals surface area contributed by atoms with Gasteiger partial charge in [-0.15, -0.1) is 0 Å². The second kappa shape index (κ2) is 36.1. The van der Waals surface area contributed by atoms with Crippen LogP contribution in [0, 0.1) is 17.5 Å². The first-order chi connectivity index (χ1) is 52.4.